The summed E-state index contributed by atoms with van der Waals surface area (Å²) in [5.74, 6) is -1.06. The van der Waals surface area contributed by atoms with E-state index in [1.165, 1.54) is 12.1 Å². The molecule has 1 aromatic carbocycles. The maximum atomic E-state index is 12.8. The highest BCUT2D eigenvalue weighted by Crippen LogP contribution is 2.29. The fourth-order valence-electron chi connectivity index (χ4n) is 3.80. The Bertz CT molecular complexity index is 744. The Morgan fingerprint density at radius 1 is 1.13 bits per heavy atom. The molecule has 11 heteroatoms. The first-order valence-electron chi connectivity index (χ1n) is 10.2. The molecule has 0 aromatic heterocycles. The lowest BCUT2D eigenvalue weighted by molar-refractivity contribution is -0.137. The molecule has 3 N–H and O–H groups in total. The molecule has 1 unspecified atom stereocenters. The Morgan fingerprint density at radius 3 is 2.58 bits per heavy atom. The number of nitrogens with one attached hydrogen (secondary N) is 3. The molecule has 0 bridgehead atoms. The molecule has 3 rings (SSSR count). The number of halogens is 4. The first-order valence-corrected chi connectivity index (χ1v) is 10.2. The average Bonchev–Trinajstić information content (AvgIpc) is 3.17. The van der Waals surface area contributed by atoms with Gasteiger partial charge < -0.3 is 16.0 Å². The van der Waals surface area contributed by atoms with Crippen molar-refractivity contribution < 1.29 is 22.8 Å². The zero-order valence-corrected chi connectivity index (χ0v) is 18.0. The van der Waals surface area contributed by atoms with Crippen molar-refractivity contribution in [3.8, 4) is 0 Å². The van der Waals surface area contributed by atoms with Crippen LogP contribution in [0.4, 0.5) is 13.2 Å². The molecule has 0 aliphatic carbocycles. The molecule has 31 heavy (non-hydrogen) atoms. The highest BCUT2D eigenvalue weighted by Gasteiger charge is 2.31. The van der Waals surface area contributed by atoms with Crippen molar-refractivity contribution in [3.05, 3.63) is 35.4 Å². The van der Waals surface area contributed by atoms with Crippen LogP contribution in [-0.2, 0) is 11.0 Å². The number of hydrogen-bond donors (Lipinski definition) is 3. The predicted octanol–water partition coefficient (Wildman–Crippen LogP) is 1.30. The van der Waals surface area contributed by atoms with Gasteiger partial charge >= 0.3 is 6.18 Å². The second-order valence-corrected chi connectivity index (χ2v) is 7.61. The van der Waals surface area contributed by atoms with Crippen LogP contribution in [0.3, 0.4) is 0 Å². The van der Waals surface area contributed by atoms with E-state index in [1.54, 1.807) is 0 Å². The first-order chi connectivity index (χ1) is 14.3. The smallest absolute Gasteiger partial charge is 0.343 e. The van der Waals surface area contributed by atoms with Crippen LogP contribution in [0, 0.1) is 0 Å². The summed E-state index contributed by atoms with van der Waals surface area (Å²) in [6, 6.07) is 4.14. The van der Waals surface area contributed by atoms with Gasteiger partial charge in [0.2, 0.25) is 5.91 Å². The van der Waals surface area contributed by atoms with E-state index in [4.69, 9.17) is 0 Å². The van der Waals surface area contributed by atoms with E-state index in [2.05, 4.69) is 25.8 Å². The van der Waals surface area contributed by atoms with E-state index in [0.717, 1.165) is 70.8 Å². The van der Waals surface area contributed by atoms with Gasteiger partial charge in [0.15, 0.2) is 0 Å². The summed E-state index contributed by atoms with van der Waals surface area (Å²) < 4.78 is 38.4. The zero-order valence-electron chi connectivity index (χ0n) is 17.2. The Morgan fingerprint density at radius 2 is 1.87 bits per heavy atom. The summed E-state index contributed by atoms with van der Waals surface area (Å²) >= 11 is 0. The van der Waals surface area contributed by atoms with Gasteiger partial charge in [0.05, 0.1) is 18.3 Å². The lowest BCUT2D eigenvalue weighted by Crippen LogP contribution is -2.51. The third-order valence-corrected chi connectivity index (χ3v) is 5.47. The summed E-state index contributed by atoms with van der Waals surface area (Å²) in [5, 5.41) is 8.64. The molecule has 174 valence electrons. The minimum absolute atomic E-state index is 0. The summed E-state index contributed by atoms with van der Waals surface area (Å²) in [6.45, 7) is 6.46. The largest absolute Gasteiger partial charge is 0.416 e. The Hall–Kier alpha value is -1.88. The van der Waals surface area contributed by atoms with Gasteiger partial charge in [0, 0.05) is 51.4 Å². The molecule has 2 heterocycles. The predicted molar refractivity (Wildman–Crippen MR) is 113 cm³/mol. The molecular formula is C20H29ClF3N5O2. The summed E-state index contributed by atoms with van der Waals surface area (Å²) in [5.41, 5.74) is -1.03. The Balaban J connectivity index is 0.00000341. The fraction of sp³-hybridized carbons (Fsp3) is 0.600. The van der Waals surface area contributed by atoms with Crippen molar-refractivity contribution in [3.63, 3.8) is 0 Å². The maximum absolute atomic E-state index is 12.8. The standard InChI is InChI=1S/C20H28F3N5O2.ClH/c21-20(22,23)16-4-1-3-15(13-16)19(30)25-14-18(29)26-17-5-2-8-28(17)12-11-27-9-6-24-7-10-27;/h1,3-4,13,17,24H,2,5-12,14H2,(H,25,30)(H,26,29);1H. The van der Waals surface area contributed by atoms with Crippen LogP contribution in [0.25, 0.3) is 0 Å². The van der Waals surface area contributed by atoms with Crippen LogP contribution in [0.5, 0.6) is 0 Å². The average molecular weight is 464 g/mol. The second-order valence-electron chi connectivity index (χ2n) is 7.61. The van der Waals surface area contributed by atoms with Gasteiger partial charge in [-0.1, -0.05) is 6.07 Å². The van der Waals surface area contributed by atoms with Crippen molar-refractivity contribution in [2.24, 2.45) is 0 Å². The second kappa shape index (κ2) is 11.7. The van der Waals surface area contributed by atoms with E-state index in [1.807, 2.05) is 0 Å². The van der Waals surface area contributed by atoms with Gasteiger partial charge in [-0.2, -0.15) is 13.2 Å². The van der Waals surface area contributed by atoms with Crippen LogP contribution in [0.1, 0.15) is 28.8 Å². The van der Waals surface area contributed by atoms with Gasteiger partial charge in [0.25, 0.3) is 5.91 Å². The molecule has 1 aromatic rings. The number of amides is 2. The number of piperazine rings is 1. The van der Waals surface area contributed by atoms with Gasteiger partial charge in [-0.05, 0) is 31.0 Å². The minimum atomic E-state index is -4.52. The highest BCUT2D eigenvalue weighted by molar-refractivity contribution is 5.96. The van der Waals surface area contributed by atoms with Crippen molar-refractivity contribution in [2.75, 3.05) is 52.4 Å². The molecule has 2 saturated heterocycles. The molecule has 7 nitrogen and oxygen atoms in total. The summed E-state index contributed by atoms with van der Waals surface area (Å²) in [7, 11) is 0. The number of nitrogens with zero attached hydrogens (tertiary/aromatic N) is 2. The number of rotatable bonds is 7. The molecule has 2 amide bonds. The van der Waals surface area contributed by atoms with E-state index in [9.17, 15) is 22.8 Å². The molecule has 1 atom stereocenters. The topological polar surface area (TPSA) is 76.7 Å². The van der Waals surface area contributed by atoms with Crippen LogP contribution < -0.4 is 16.0 Å². The number of benzene rings is 1. The van der Waals surface area contributed by atoms with Gasteiger partial charge in [-0.25, -0.2) is 0 Å². The minimum Gasteiger partial charge on any atom is -0.343 e. The molecule has 0 saturated carbocycles. The molecular weight excluding hydrogens is 435 g/mol. The summed E-state index contributed by atoms with van der Waals surface area (Å²) in [4.78, 5) is 29.0. The van der Waals surface area contributed by atoms with Crippen molar-refractivity contribution >= 4 is 24.2 Å². The van der Waals surface area contributed by atoms with Gasteiger partial charge in [-0.3, -0.25) is 19.4 Å². The highest BCUT2D eigenvalue weighted by atomic mass is 35.5. The maximum Gasteiger partial charge on any atom is 0.416 e. The van der Waals surface area contributed by atoms with Crippen molar-refractivity contribution in [1.82, 2.24) is 25.8 Å². The Labute approximate surface area is 186 Å². The fourth-order valence-corrected chi connectivity index (χ4v) is 3.80. The third kappa shape index (κ3) is 7.64. The molecule has 2 aliphatic rings. The zero-order chi connectivity index (χ0) is 21.6. The lowest BCUT2D eigenvalue weighted by Gasteiger charge is -2.31. The number of carbonyl (C=O) groups excluding carboxylic acids is 2. The Kier molecular flexibility index (Phi) is 9.54. The van der Waals surface area contributed by atoms with E-state index in [-0.39, 0.29) is 36.6 Å². The SMILES string of the molecule is Cl.O=C(CNC(=O)c1cccc(C(F)(F)F)c1)NC1CCCN1CCN1CCNCC1. The first kappa shape index (κ1) is 25.4. The number of likely N-dealkylation sites (tertiary alicyclic amines) is 1. The van der Waals surface area contributed by atoms with Crippen molar-refractivity contribution in [2.45, 2.75) is 25.2 Å². The lowest BCUT2D eigenvalue weighted by atomic mass is 10.1. The number of hydrogen-bond acceptors (Lipinski definition) is 5. The number of carbonyl (C=O) groups is 2. The third-order valence-electron chi connectivity index (χ3n) is 5.47. The molecule has 0 radical (unpaired) electrons. The van der Waals surface area contributed by atoms with E-state index >= 15 is 0 Å². The monoisotopic (exact) mass is 463 g/mol. The summed E-state index contributed by atoms with van der Waals surface area (Å²) in [6.07, 6.45) is -2.77. The quantitative estimate of drug-likeness (QED) is 0.568. The normalized spacial score (nSPS) is 20.2. The van der Waals surface area contributed by atoms with E-state index in [0.29, 0.717) is 0 Å². The van der Waals surface area contributed by atoms with Crippen LogP contribution in [0.2, 0.25) is 0 Å². The van der Waals surface area contributed by atoms with Gasteiger partial charge in [-0.15, -0.1) is 12.4 Å². The van der Waals surface area contributed by atoms with Gasteiger partial charge in [0.1, 0.15) is 0 Å². The van der Waals surface area contributed by atoms with Crippen LogP contribution >= 0.6 is 12.4 Å². The molecule has 2 fully saturated rings. The van der Waals surface area contributed by atoms with E-state index < -0.39 is 17.6 Å². The molecule has 0 spiro atoms. The van der Waals surface area contributed by atoms with Crippen LogP contribution in [-0.4, -0.2) is 80.1 Å². The molecule has 2 aliphatic heterocycles. The number of alkyl halides is 3. The van der Waals surface area contributed by atoms with Crippen LogP contribution in [0.15, 0.2) is 24.3 Å². The van der Waals surface area contributed by atoms with Crippen molar-refractivity contribution in [1.29, 1.82) is 0 Å².